The van der Waals surface area contributed by atoms with Gasteiger partial charge in [0.2, 0.25) is 5.69 Å². The molecule has 0 aliphatic rings. The van der Waals surface area contributed by atoms with E-state index in [2.05, 4.69) is 37.9 Å². The number of rotatable bonds is 7. The van der Waals surface area contributed by atoms with Crippen molar-refractivity contribution in [2.45, 2.75) is 39.5 Å². The monoisotopic (exact) mass is 242 g/mol. The third kappa shape index (κ3) is 12.9. The van der Waals surface area contributed by atoms with E-state index in [9.17, 15) is 0 Å². The largest absolute Gasteiger partial charge is 0.338 e. The first kappa shape index (κ1) is 13.9. The van der Waals surface area contributed by atoms with Gasteiger partial charge in [0.15, 0.2) is 0 Å². The molecular formula is C8H19O2PS2. The summed E-state index contributed by atoms with van der Waals surface area (Å²) < 4.78 is 4.98. The van der Waals surface area contributed by atoms with Crippen LogP contribution in [-0.2, 0) is 16.3 Å². The van der Waals surface area contributed by atoms with Gasteiger partial charge < -0.3 is 9.42 Å². The first-order valence-electron chi connectivity index (χ1n) is 4.62. The minimum Gasteiger partial charge on any atom is -0.338 e. The summed E-state index contributed by atoms with van der Waals surface area (Å²) in [6.45, 7) is 4.98. The fraction of sp³-hybridized carbons (Fsp3) is 1.00. The van der Waals surface area contributed by atoms with E-state index in [-0.39, 0.29) is 0 Å². The van der Waals surface area contributed by atoms with Gasteiger partial charge in [-0.2, -0.15) is 0 Å². The van der Waals surface area contributed by atoms with Gasteiger partial charge in [-0.3, -0.25) is 0 Å². The standard InChI is InChI=1S/C8H19O2PS2/c1-8(2)6-4-3-5-7-10-11(9,12)13/h8H,3-7H2,1-2H3,(H2,9,12,13). The summed E-state index contributed by atoms with van der Waals surface area (Å²) >= 11 is 8.38. The molecule has 13 heavy (non-hydrogen) atoms. The predicted molar refractivity (Wildman–Crippen MR) is 64.7 cm³/mol. The van der Waals surface area contributed by atoms with Crippen LogP contribution in [-0.4, -0.2) is 11.5 Å². The molecule has 0 amide bonds. The molecular weight excluding hydrogens is 223 g/mol. The molecule has 80 valence electrons. The summed E-state index contributed by atoms with van der Waals surface area (Å²) in [6, 6.07) is 0. The van der Waals surface area contributed by atoms with Gasteiger partial charge in [0.25, 0.3) is 0 Å². The van der Waals surface area contributed by atoms with E-state index < -0.39 is 5.69 Å². The van der Waals surface area contributed by atoms with Gasteiger partial charge in [-0.05, 0) is 24.1 Å². The Morgan fingerprint density at radius 3 is 2.46 bits per heavy atom. The van der Waals surface area contributed by atoms with E-state index in [1.54, 1.807) is 0 Å². The zero-order valence-electron chi connectivity index (χ0n) is 8.27. The number of hydrogen-bond acceptors (Lipinski definition) is 2. The number of hydrogen-bond donors (Lipinski definition) is 2. The second-order valence-electron chi connectivity index (χ2n) is 3.57. The first-order chi connectivity index (χ1) is 5.92. The fourth-order valence-corrected chi connectivity index (χ4v) is 1.85. The second kappa shape index (κ2) is 7.24. The predicted octanol–water partition coefficient (Wildman–Crippen LogP) is 3.37. The summed E-state index contributed by atoms with van der Waals surface area (Å²) in [5.41, 5.74) is -2.71. The van der Waals surface area contributed by atoms with Gasteiger partial charge in [0.05, 0.1) is 6.61 Å². The highest BCUT2D eigenvalue weighted by Crippen LogP contribution is 2.47. The Morgan fingerprint density at radius 1 is 1.38 bits per heavy atom. The molecule has 1 N–H and O–H groups in total. The summed E-state index contributed by atoms with van der Waals surface area (Å²) in [4.78, 5) is 9.03. The molecule has 0 radical (unpaired) electrons. The molecule has 0 aromatic carbocycles. The molecule has 0 spiro atoms. The minimum absolute atomic E-state index is 0.537. The zero-order valence-corrected chi connectivity index (χ0v) is 10.9. The van der Waals surface area contributed by atoms with Gasteiger partial charge in [-0.1, -0.05) is 45.4 Å². The van der Waals surface area contributed by atoms with Crippen molar-refractivity contribution < 1.29 is 9.42 Å². The molecule has 0 heterocycles. The lowest BCUT2D eigenvalue weighted by Crippen LogP contribution is -1.91. The van der Waals surface area contributed by atoms with Crippen LogP contribution in [0.5, 0.6) is 0 Å². The van der Waals surface area contributed by atoms with Crippen molar-refractivity contribution in [3.63, 3.8) is 0 Å². The van der Waals surface area contributed by atoms with Gasteiger partial charge in [0, 0.05) is 0 Å². The molecule has 0 aromatic rings. The van der Waals surface area contributed by atoms with Crippen molar-refractivity contribution in [1.29, 1.82) is 0 Å². The van der Waals surface area contributed by atoms with Crippen molar-refractivity contribution in [3.05, 3.63) is 0 Å². The lowest BCUT2D eigenvalue weighted by atomic mass is 10.1. The van der Waals surface area contributed by atoms with Crippen LogP contribution >= 0.6 is 17.9 Å². The number of unbranched alkanes of at least 4 members (excludes halogenated alkanes) is 2. The van der Waals surface area contributed by atoms with E-state index in [4.69, 9.17) is 9.42 Å². The van der Waals surface area contributed by atoms with E-state index in [0.29, 0.717) is 6.61 Å². The quantitative estimate of drug-likeness (QED) is 0.407. The highest BCUT2D eigenvalue weighted by Gasteiger charge is 2.04. The molecule has 0 fully saturated rings. The Balaban J connectivity index is 3.14. The van der Waals surface area contributed by atoms with Gasteiger partial charge >= 0.3 is 0 Å². The van der Waals surface area contributed by atoms with Crippen molar-refractivity contribution >= 4 is 29.7 Å². The van der Waals surface area contributed by atoms with Crippen LogP contribution in [0.4, 0.5) is 0 Å². The molecule has 0 rings (SSSR count). The maximum atomic E-state index is 9.03. The smallest absolute Gasteiger partial charge is 0.241 e. The van der Waals surface area contributed by atoms with Crippen molar-refractivity contribution in [1.82, 2.24) is 0 Å². The Bertz CT molecular complexity index is 168. The van der Waals surface area contributed by atoms with Crippen LogP contribution in [0.2, 0.25) is 0 Å². The highest BCUT2D eigenvalue weighted by molar-refractivity contribution is 8.59. The van der Waals surface area contributed by atoms with E-state index in [1.807, 2.05) is 0 Å². The molecule has 1 atom stereocenters. The summed E-state index contributed by atoms with van der Waals surface area (Å²) in [5.74, 6) is 0.772. The van der Waals surface area contributed by atoms with Crippen LogP contribution in [0.3, 0.4) is 0 Å². The Hall–Kier alpha value is 0.920. The van der Waals surface area contributed by atoms with Crippen LogP contribution in [0, 0.1) is 5.92 Å². The average molecular weight is 242 g/mol. The van der Waals surface area contributed by atoms with Gasteiger partial charge in [0.1, 0.15) is 0 Å². The Kier molecular flexibility index (Phi) is 7.76. The highest BCUT2D eigenvalue weighted by atomic mass is 32.9. The molecule has 0 aliphatic heterocycles. The van der Waals surface area contributed by atoms with Crippen molar-refractivity contribution in [2.24, 2.45) is 5.92 Å². The lowest BCUT2D eigenvalue weighted by Gasteiger charge is -2.08. The lowest BCUT2D eigenvalue weighted by molar-refractivity contribution is 0.306. The maximum absolute atomic E-state index is 9.03. The number of thiol groups is 1. The Labute approximate surface area is 91.4 Å². The zero-order chi connectivity index (χ0) is 10.3. The second-order valence-corrected chi connectivity index (χ2v) is 8.73. The van der Waals surface area contributed by atoms with Gasteiger partial charge in [-0.25, -0.2) is 0 Å². The van der Waals surface area contributed by atoms with Crippen LogP contribution in [0.1, 0.15) is 39.5 Å². The third-order valence-corrected chi connectivity index (χ3v) is 2.87. The minimum atomic E-state index is -2.71. The SMILES string of the molecule is CC(C)CCCCCOP(O)(=S)S. The van der Waals surface area contributed by atoms with E-state index in [0.717, 1.165) is 18.8 Å². The summed E-state index contributed by atoms with van der Waals surface area (Å²) in [7, 11) is 0. The summed E-state index contributed by atoms with van der Waals surface area (Å²) in [5, 5.41) is 0. The normalized spacial score (nSPS) is 16.1. The maximum Gasteiger partial charge on any atom is 0.241 e. The topological polar surface area (TPSA) is 29.5 Å². The van der Waals surface area contributed by atoms with E-state index >= 15 is 0 Å². The average Bonchev–Trinajstić information content (AvgIpc) is 1.93. The molecule has 0 aliphatic carbocycles. The molecule has 0 aromatic heterocycles. The van der Waals surface area contributed by atoms with Crippen LogP contribution < -0.4 is 0 Å². The van der Waals surface area contributed by atoms with Crippen molar-refractivity contribution in [3.8, 4) is 0 Å². The summed E-state index contributed by atoms with van der Waals surface area (Å²) in [6.07, 6.45) is 4.59. The molecule has 0 bridgehead atoms. The van der Waals surface area contributed by atoms with Crippen LogP contribution in [0.25, 0.3) is 0 Å². The molecule has 1 unspecified atom stereocenters. The third-order valence-electron chi connectivity index (χ3n) is 1.69. The molecule has 0 saturated carbocycles. The van der Waals surface area contributed by atoms with Crippen LogP contribution in [0.15, 0.2) is 0 Å². The first-order valence-corrected chi connectivity index (χ1v) is 8.44. The van der Waals surface area contributed by atoms with Crippen molar-refractivity contribution in [2.75, 3.05) is 6.61 Å². The molecule has 2 nitrogen and oxygen atoms in total. The van der Waals surface area contributed by atoms with Gasteiger partial charge in [-0.15, -0.1) is 0 Å². The van der Waals surface area contributed by atoms with E-state index in [1.165, 1.54) is 12.8 Å². The molecule has 0 saturated heterocycles. The fourth-order valence-electron chi connectivity index (χ4n) is 1.01. The molecule has 5 heteroatoms. The Morgan fingerprint density at radius 2 is 2.00 bits per heavy atom.